The molecule has 0 aliphatic rings. The Bertz CT molecular complexity index is 308. The van der Waals surface area contributed by atoms with Crippen LogP contribution in [0.5, 0.6) is 0 Å². The van der Waals surface area contributed by atoms with E-state index in [1.165, 1.54) is 22.3 Å². The van der Waals surface area contributed by atoms with Crippen LogP contribution in [0.1, 0.15) is 36.1 Å². The Hall–Kier alpha value is -1.04. The van der Waals surface area contributed by atoms with E-state index in [1.54, 1.807) is 0 Å². The van der Waals surface area contributed by atoms with E-state index in [9.17, 15) is 0 Å². The average molecular weight is 174 g/mol. The first-order chi connectivity index (χ1) is 6.24. The fourth-order valence-electron chi connectivity index (χ4n) is 1.93. The summed E-state index contributed by atoms with van der Waals surface area (Å²) in [7, 11) is 0. The van der Waals surface area contributed by atoms with Gasteiger partial charge in [-0.25, -0.2) is 0 Å². The molecule has 1 aromatic carbocycles. The summed E-state index contributed by atoms with van der Waals surface area (Å²) in [6, 6.07) is 4.36. The normalized spacial score (nSPS) is 10.1. The van der Waals surface area contributed by atoms with Gasteiger partial charge in [-0.15, -0.1) is 0 Å². The molecule has 0 unspecified atom stereocenters. The van der Waals surface area contributed by atoms with Crippen molar-refractivity contribution in [3.63, 3.8) is 0 Å². The molecule has 0 saturated heterocycles. The molecule has 0 radical (unpaired) electrons. The average Bonchev–Trinajstić information content (AvgIpc) is 2.17. The number of hydrogen-bond donors (Lipinski definition) is 0. The SMILES string of the molecule is C=Cc1ccc(C)c(CC)c1CC. The van der Waals surface area contributed by atoms with E-state index in [-0.39, 0.29) is 0 Å². The van der Waals surface area contributed by atoms with E-state index in [0.717, 1.165) is 12.8 Å². The number of aryl methyl sites for hydroxylation is 1. The number of benzene rings is 1. The van der Waals surface area contributed by atoms with Gasteiger partial charge in [-0.05, 0) is 42.0 Å². The highest BCUT2D eigenvalue weighted by Crippen LogP contribution is 2.21. The summed E-state index contributed by atoms with van der Waals surface area (Å²) in [6.07, 6.45) is 4.18. The molecule has 0 heterocycles. The van der Waals surface area contributed by atoms with Gasteiger partial charge in [0.05, 0.1) is 0 Å². The fraction of sp³-hybridized carbons (Fsp3) is 0.385. The van der Waals surface area contributed by atoms with Crippen molar-refractivity contribution >= 4 is 6.08 Å². The highest BCUT2D eigenvalue weighted by molar-refractivity contribution is 5.56. The first-order valence-corrected chi connectivity index (χ1v) is 4.98. The van der Waals surface area contributed by atoms with Gasteiger partial charge in [-0.3, -0.25) is 0 Å². The highest BCUT2D eigenvalue weighted by Gasteiger charge is 2.05. The molecule has 70 valence electrons. The molecule has 13 heavy (non-hydrogen) atoms. The van der Waals surface area contributed by atoms with E-state index < -0.39 is 0 Å². The molecule has 0 amide bonds. The Morgan fingerprint density at radius 2 is 1.77 bits per heavy atom. The molecular formula is C13H18. The van der Waals surface area contributed by atoms with Gasteiger partial charge < -0.3 is 0 Å². The van der Waals surface area contributed by atoms with Crippen LogP contribution in [-0.4, -0.2) is 0 Å². The third-order valence-corrected chi connectivity index (χ3v) is 2.63. The molecule has 0 aromatic heterocycles. The van der Waals surface area contributed by atoms with Crippen molar-refractivity contribution in [1.82, 2.24) is 0 Å². The van der Waals surface area contributed by atoms with Crippen LogP contribution in [0.2, 0.25) is 0 Å². The van der Waals surface area contributed by atoms with E-state index in [4.69, 9.17) is 0 Å². The minimum absolute atomic E-state index is 1.10. The summed E-state index contributed by atoms with van der Waals surface area (Å²) in [5.41, 5.74) is 5.67. The third-order valence-electron chi connectivity index (χ3n) is 2.63. The Balaban J connectivity index is 3.35. The molecule has 0 atom stereocenters. The van der Waals surface area contributed by atoms with Crippen molar-refractivity contribution in [2.75, 3.05) is 0 Å². The van der Waals surface area contributed by atoms with Crippen LogP contribution in [0.4, 0.5) is 0 Å². The predicted octanol–water partition coefficient (Wildman–Crippen LogP) is 3.76. The zero-order valence-corrected chi connectivity index (χ0v) is 8.85. The molecule has 0 fully saturated rings. The van der Waals surface area contributed by atoms with Crippen molar-refractivity contribution in [1.29, 1.82) is 0 Å². The zero-order valence-electron chi connectivity index (χ0n) is 8.85. The van der Waals surface area contributed by atoms with Crippen molar-refractivity contribution in [3.8, 4) is 0 Å². The Morgan fingerprint density at radius 1 is 1.15 bits per heavy atom. The van der Waals surface area contributed by atoms with Gasteiger partial charge in [0.25, 0.3) is 0 Å². The van der Waals surface area contributed by atoms with Crippen LogP contribution in [0.3, 0.4) is 0 Å². The molecule has 0 bridgehead atoms. The maximum Gasteiger partial charge on any atom is -0.0228 e. The lowest BCUT2D eigenvalue weighted by atomic mass is 9.93. The summed E-state index contributed by atoms with van der Waals surface area (Å²) in [5, 5.41) is 0. The van der Waals surface area contributed by atoms with E-state index in [2.05, 4.69) is 39.5 Å². The molecule has 0 heteroatoms. The number of hydrogen-bond acceptors (Lipinski definition) is 0. The topological polar surface area (TPSA) is 0 Å². The molecule has 0 N–H and O–H groups in total. The molecule has 0 aliphatic carbocycles. The molecule has 1 rings (SSSR count). The van der Waals surface area contributed by atoms with Crippen molar-refractivity contribution in [3.05, 3.63) is 41.0 Å². The quantitative estimate of drug-likeness (QED) is 0.654. The molecule has 0 nitrogen and oxygen atoms in total. The van der Waals surface area contributed by atoms with Crippen molar-refractivity contribution in [2.24, 2.45) is 0 Å². The molecule has 0 saturated carbocycles. The van der Waals surface area contributed by atoms with Gasteiger partial charge in [-0.1, -0.05) is 38.6 Å². The van der Waals surface area contributed by atoms with Gasteiger partial charge in [0, 0.05) is 0 Å². The van der Waals surface area contributed by atoms with Gasteiger partial charge in [-0.2, -0.15) is 0 Å². The molecule has 1 aromatic rings. The first kappa shape index (κ1) is 10.0. The summed E-state index contributed by atoms with van der Waals surface area (Å²) in [5.74, 6) is 0. The lowest BCUT2D eigenvalue weighted by Crippen LogP contribution is -1.97. The highest BCUT2D eigenvalue weighted by atomic mass is 14.1. The van der Waals surface area contributed by atoms with Crippen molar-refractivity contribution in [2.45, 2.75) is 33.6 Å². The fourth-order valence-corrected chi connectivity index (χ4v) is 1.93. The Morgan fingerprint density at radius 3 is 2.23 bits per heavy atom. The minimum atomic E-state index is 1.10. The van der Waals surface area contributed by atoms with Gasteiger partial charge in [0.1, 0.15) is 0 Å². The summed E-state index contributed by atoms with van der Waals surface area (Å²) < 4.78 is 0. The van der Waals surface area contributed by atoms with E-state index in [1.807, 2.05) is 6.08 Å². The second-order valence-electron chi connectivity index (χ2n) is 3.34. The van der Waals surface area contributed by atoms with Crippen LogP contribution in [0, 0.1) is 6.92 Å². The minimum Gasteiger partial charge on any atom is -0.0985 e. The van der Waals surface area contributed by atoms with Crippen LogP contribution < -0.4 is 0 Å². The lowest BCUT2D eigenvalue weighted by Gasteiger charge is -2.12. The lowest BCUT2D eigenvalue weighted by molar-refractivity contribution is 1.01. The summed E-state index contributed by atoms with van der Waals surface area (Å²) >= 11 is 0. The summed E-state index contributed by atoms with van der Waals surface area (Å²) in [4.78, 5) is 0. The Labute approximate surface area is 81.3 Å². The largest absolute Gasteiger partial charge is 0.0985 e. The molecule has 0 aliphatic heterocycles. The number of rotatable bonds is 3. The summed E-state index contributed by atoms with van der Waals surface area (Å²) in [6.45, 7) is 10.5. The van der Waals surface area contributed by atoms with Crippen LogP contribution >= 0.6 is 0 Å². The van der Waals surface area contributed by atoms with Crippen LogP contribution in [0.25, 0.3) is 6.08 Å². The van der Waals surface area contributed by atoms with Crippen LogP contribution in [-0.2, 0) is 12.8 Å². The maximum absolute atomic E-state index is 3.84. The van der Waals surface area contributed by atoms with Crippen LogP contribution in [0.15, 0.2) is 18.7 Å². The smallest absolute Gasteiger partial charge is 0.0228 e. The third kappa shape index (κ3) is 1.82. The standard InChI is InChI=1S/C13H18/c1-5-11-9-8-10(4)12(6-2)13(11)7-3/h5,8-9H,1,6-7H2,2-4H3. The van der Waals surface area contributed by atoms with Gasteiger partial charge >= 0.3 is 0 Å². The zero-order chi connectivity index (χ0) is 9.84. The molecule has 0 spiro atoms. The van der Waals surface area contributed by atoms with E-state index in [0.29, 0.717) is 0 Å². The van der Waals surface area contributed by atoms with Gasteiger partial charge in [0.2, 0.25) is 0 Å². The van der Waals surface area contributed by atoms with Gasteiger partial charge in [0.15, 0.2) is 0 Å². The second-order valence-corrected chi connectivity index (χ2v) is 3.34. The Kier molecular flexibility index (Phi) is 3.30. The first-order valence-electron chi connectivity index (χ1n) is 4.98. The second kappa shape index (κ2) is 4.27. The molecular weight excluding hydrogens is 156 g/mol. The predicted molar refractivity (Wildman–Crippen MR) is 60.0 cm³/mol. The maximum atomic E-state index is 3.84. The van der Waals surface area contributed by atoms with E-state index >= 15 is 0 Å². The monoisotopic (exact) mass is 174 g/mol. The van der Waals surface area contributed by atoms with Crippen molar-refractivity contribution < 1.29 is 0 Å².